The number of esters is 2. The van der Waals surface area contributed by atoms with Gasteiger partial charge in [-0.15, -0.1) is 0 Å². The molecule has 1 N–H and O–H groups in total. The summed E-state index contributed by atoms with van der Waals surface area (Å²) in [5.41, 5.74) is 1.19. The van der Waals surface area contributed by atoms with Gasteiger partial charge in [-0.1, -0.05) is 48.5 Å². The first-order chi connectivity index (χ1) is 11.6. The first-order valence-electron chi connectivity index (χ1n) is 7.05. The minimum Gasteiger partial charge on any atom is -0.478 e. The minimum absolute atomic E-state index is 0.0526. The summed E-state index contributed by atoms with van der Waals surface area (Å²) in [5, 5.41) is 9.04. The Hall–Kier alpha value is -3.47. The molecule has 0 heterocycles. The largest absolute Gasteiger partial charge is 0.478 e. The van der Waals surface area contributed by atoms with E-state index in [9.17, 15) is 14.4 Å². The van der Waals surface area contributed by atoms with E-state index in [1.54, 1.807) is 30.3 Å². The lowest BCUT2D eigenvalue weighted by Crippen LogP contribution is -2.07. The molecule has 24 heavy (non-hydrogen) atoms. The maximum atomic E-state index is 11.6. The summed E-state index contributed by atoms with van der Waals surface area (Å²) in [6, 6.07) is 15.3. The lowest BCUT2D eigenvalue weighted by Gasteiger charge is -2.00. The summed E-state index contributed by atoms with van der Waals surface area (Å²) in [7, 11) is 0. The van der Waals surface area contributed by atoms with Crippen molar-refractivity contribution in [2.75, 3.05) is 0 Å². The summed E-state index contributed by atoms with van der Waals surface area (Å²) in [6.45, 7) is 0. The van der Waals surface area contributed by atoms with Gasteiger partial charge >= 0.3 is 17.9 Å². The summed E-state index contributed by atoms with van der Waals surface area (Å²) < 4.78 is 4.60. The van der Waals surface area contributed by atoms with Gasteiger partial charge in [0.1, 0.15) is 0 Å². The highest BCUT2D eigenvalue weighted by Crippen LogP contribution is 2.10. The van der Waals surface area contributed by atoms with Crippen molar-refractivity contribution < 1.29 is 24.2 Å². The van der Waals surface area contributed by atoms with E-state index in [1.807, 2.05) is 18.2 Å². The van der Waals surface area contributed by atoms with Crippen LogP contribution < -0.4 is 0 Å². The normalized spacial score (nSPS) is 10.8. The Bertz CT molecular complexity index is 804. The van der Waals surface area contributed by atoms with Gasteiger partial charge in [0.15, 0.2) is 0 Å². The molecule has 0 bridgehead atoms. The highest BCUT2D eigenvalue weighted by Gasteiger charge is 2.08. The van der Waals surface area contributed by atoms with Gasteiger partial charge in [0, 0.05) is 12.2 Å². The number of carbonyl (C=O) groups excluding carboxylic acids is 2. The van der Waals surface area contributed by atoms with Crippen LogP contribution in [0.4, 0.5) is 0 Å². The van der Waals surface area contributed by atoms with E-state index in [4.69, 9.17) is 5.11 Å². The first-order valence-corrected chi connectivity index (χ1v) is 7.05. The Morgan fingerprint density at radius 3 is 2.04 bits per heavy atom. The van der Waals surface area contributed by atoms with Crippen molar-refractivity contribution in [1.82, 2.24) is 0 Å². The van der Waals surface area contributed by atoms with Gasteiger partial charge in [0.2, 0.25) is 0 Å². The monoisotopic (exact) mass is 322 g/mol. The second-order valence-electron chi connectivity index (χ2n) is 4.71. The van der Waals surface area contributed by atoms with E-state index < -0.39 is 17.9 Å². The molecule has 2 aromatic carbocycles. The van der Waals surface area contributed by atoms with Crippen molar-refractivity contribution in [3.8, 4) is 0 Å². The van der Waals surface area contributed by atoms with E-state index >= 15 is 0 Å². The molecule has 0 aliphatic rings. The predicted molar refractivity (Wildman–Crippen MR) is 89.0 cm³/mol. The average Bonchev–Trinajstić information content (AvgIpc) is 2.59. The first kappa shape index (κ1) is 16.9. The Morgan fingerprint density at radius 1 is 0.792 bits per heavy atom. The molecule has 0 saturated heterocycles. The van der Waals surface area contributed by atoms with Crippen LogP contribution in [-0.4, -0.2) is 23.0 Å². The van der Waals surface area contributed by atoms with Gasteiger partial charge in [0.25, 0.3) is 0 Å². The number of hydrogen-bond acceptors (Lipinski definition) is 4. The molecule has 0 saturated carbocycles. The van der Waals surface area contributed by atoms with Crippen LogP contribution in [0.25, 0.3) is 12.2 Å². The molecule has 0 amide bonds. The van der Waals surface area contributed by atoms with Crippen LogP contribution in [0.2, 0.25) is 0 Å². The van der Waals surface area contributed by atoms with Gasteiger partial charge < -0.3 is 9.84 Å². The fraction of sp³-hybridized carbons (Fsp3) is 0. The third kappa shape index (κ3) is 5.06. The van der Waals surface area contributed by atoms with E-state index in [1.165, 1.54) is 18.2 Å². The summed E-state index contributed by atoms with van der Waals surface area (Å²) >= 11 is 0. The standard InChI is InChI=1S/C19H14O5/c20-17(12-10-14-6-2-1-3-7-14)24-18(21)13-11-15-8-4-5-9-16(15)19(22)23/h1-13H,(H,22,23). The number of ether oxygens (including phenoxy) is 1. The van der Waals surface area contributed by atoms with Crippen LogP contribution >= 0.6 is 0 Å². The number of carboxylic acid groups (broad SMARTS) is 1. The zero-order valence-electron chi connectivity index (χ0n) is 12.6. The lowest BCUT2D eigenvalue weighted by atomic mass is 10.1. The number of carboxylic acids is 1. The predicted octanol–water partition coefficient (Wildman–Crippen LogP) is 3.18. The van der Waals surface area contributed by atoms with Crippen LogP contribution in [-0.2, 0) is 14.3 Å². The van der Waals surface area contributed by atoms with Gasteiger partial charge in [-0.2, -0.15) is 0 Å². The molecular formula is C19H14O5. The maximum absolute atomic E-state index is 11.6. The van der Waals surface area contributed by atoms with Crippen molar-refractivity contribution in [2.24, 2.45) is 0 Å². The topological polar surface area (TPSA) is 80.7 Å². The fourth-order valence-corrected chi connectivity index (χ4v) is 1.89. The molecule has 0 unspecified atom stereocenters. The third-order valence-electron chi connectivity index (χ3n) is 3.00. The van der Waals surface area contributed by atoms with Crippen molar-refractivity contribution in [1.29, 1.82) is 0 Å². The molecule has 2 rings (SSSR count). The van der Waals surface area contributed by atoms with Crippen LogP contribution in [0.5, 0.6) is 0 Å². The number of carbonyl (C=O) groups is 3. The lowest BCUT2D eigenvalue weighted by molar-refractivity contribution is -0.152. The van der Waals surface area contributed by atoms with E-state index in [-0.39, 0.29) is 5.56 Å². The van der Waals surface area contributed by atoms with Crippen molar-refractivity contribution >= 4 is 30.1 Å². The Labute approximate surface area is 138 Å². The minimum atomic E-state index is -1.11. The second kappa shape index (κ2) is 8.24. The Kier molecular flexibility index (Phi) is 5.80. The van der Waals surface area contributed by atoms with E-state index in [0.717, 1.165) is 17.7 Å². The molecule has 5 heteroatoms. The molecule has 0 atom stereocenters. The number of benzene rings is 2. The molecular weight excluding hydrogens is 308 g/mol. The SMILES string of the molecule is O=C(C=Cc1ccccc1)OC(=O)C=Cc1ccccc1C(=O)O. The maximum Gasteiger partial charge on any atom is 0.338 e. The average molecular weight is 322 g/mol. The summed E-state index contributed by atoms with van der Waals surface area (Å²) in [4.78, 5) is 34.2. The smallest absolute Gasteiger partial charge is 0.338 e. The van der Waals surface area contributed by atoms with E-state index in [2.05, 4.69) is 4.74 Å². The third-order valence-corrected chi connectivity index (χ3v) is 3.00. The molecule has 0 aliphatic heterocycles. The van der Waals surface area contributed by atoms with Gasteiger partial charge in [0.05, 0.1) is 5.56 Å². The summed E-state index contributed by atoms with van der Waals surface area (Å²) in [5.74, 6) is -2.79. The highest BCUT2D eigenvalue weighted by molar-refractivity contribution is 6.01. The number of rotatable bonds is 5. The molecule has 120 valence electrons. The van der Waals surface area contributed by atoms with Gasteiger partial charge in [-0.05, 0) is 29.3 Å². The highest BCUT2D eigenvalue weighted by atomic mass is 16.6. The molecule has 2 aromatic rings. The molecule has 5 nitrogen and oxygen atoms in total. The van der Waals surface area contributed by atoms with Crippen molar-refractivity contribution in [2.45, 2.75) is 0 Å². The molecule has 0 aromatic heterocycles. The number of aromatic carboxylic acids is 1. The fourth-order valence-electron chi connectivity index (χ4n) is 1.89. The quantitative estimate of drug-likeness (QED) is 0.519. The van der Waals surface area contributed by atoms with Crippen LogP contribution in [0.1, 0.15) is 21.5 Å². The van der Waals surface area contributed by atoms with Gasteiger partial charge in [-0.3, -0.25) is 0 Å². The molecule has 0 aliphatic carbocycles. The van der Waals surface area contributed by atoms with Crippen LogP contribution in [0, 0.1) is 0 Å². The summed E-state index contributed by atoms with van der Waals surface area (Å²) in [6.07, 6.45) is 4.97. The van der Waals surface area contributed by atoms with E-state index in [0.29, 0.717) is 5.56 Å². The van der Waals surface area contributed by atoms with Crippen molar-refractivity contribution in [3.63, 3.8) is 0 Å². The van der Waals surface area contributed by atoms with Crippen molar-refractivity contribution in [3.05, 3.63) is 83.4 Å². The second-order valence-corrected chi connectivity index (χ2v) is 4.71. The zero-order chi connectivity index (χ0) is 17.4. The Balaban J connectivity index is 1.97. The van der Waals surface area contributed by atoms with Crippen LogP contribution in [0.15, 0.2) is 66.7 Å². The Morgan fingerprint density at radius 2 is 1.38 bits per heavy atom. The van der Waals surface area contributed by atoms with Crippen LogP contribution in [0.3, 0.4) is 0 Å². The molecule has 0 fully saturated rings. The molecule has 0 spiro atoms. The van der Waals surface area contributed by atoms with Gasteiger partial charge in [-0.25, -0.2) is 14.4 Å². The zero-order valence-corrected chi connectivity index (χ0v) is 12.6. The molecule has 0 radical (unpaired) electrons. The number of hydrogen-bond donors (Lipinski definition) is 1.